The molecule has 0 amide bonds. The van der Waals surface area contributed by atoms with Crippen molar-refractivity contribution >= 4 is 29.3 Å². The monoisotopic (exact) mass is 346 g/mol. The summed E-state index contributed by atoms with van der Waals surface area (Å²) in [7, 11) is 0. The van der Waals surface area contributed by atoms with Gasteiger partial charge in [0.2, 0.25) is 0 Å². The molecule has 0 saturated carbocycles. The average Bonchev–Trinajstić information content (AvgIpc) is 2.55. The number of benzene rings is 2. The molecule has 3 rings (SSSR count). The summed E-state index contributed by atoms with van der Waals surface area (Å²) in [6.07, 6.45) is 1.06. The number of rotatable bonds is 5. The van der Waals surface area contributed by atoms with Crippen LogP contribution in [0.3, 0.4) is 0 Å². The Hall–Kier alpha value is -1.91. The molecule has 0 radical (unpaired) electrons. The molecule has 0 fully saturated rings. The van der Waals surface area contributed by atoms with E-state index >= 15 is 0 Å². The number of fused-ring (bicyclic) bond motifs is 2. The lowest BCUT2D eigenvalue weighted by Crippen LogP contribution is -2.07. The van der Waals surface area contributed by atoms with Crippen LogP contribution in [0.5, 0.6) is 5.75 Å². The van der Waals surface area contributed by atoms with Crippen LogP contribution in [0.1, 0.15) is 17.5 Å². The highest BCUT2D eigenvalue weighted by Gasteiger charge is 2.22. The number of carboxylic acid groups (broad SMARTS) is 1. The molecule has 1 aliphatic rings. The average molecular weight is 347 g/mol. The van der Waals surface area contributed by atoms with Gasteiger partial charge in [0.15, 0.2) is 0 Å². The van der Waals surface area contributed by atoms with Crippen molar-refractivity contribution in [2.45, 2.75) is 22.6 Å². The number of carbonyl (C=O) groups is 1. The van der Waals surface area contributed by atoms with Crippen molar-refractivity contribution in [3.63, 3.8) is 0 Å². The highest BCUT2D eigenvalue weighted by atomic mass is 35.5. The van der Waals surface area contributed by atoms with E-state index in [0.29, 0.717) is 0 Å². The van der Waals surface area contributed by atoms with Gasteiger partial charge in [-0.1, -0.05) is 48.1 Å². The lowest BCUT2D eigenvalue weighted by Gasteiger charge is -2.22. The van der Waals surface area contributed by atoms with Gasteiger partial charge in [-0.05, 0) is 29.3 Å². The van der Waals surface area contributed by atoms with E-state index in [9.17, 15) is 4.79 Å². The maximum Gasteiger partial charge on any atom is 0.331 e. The summed E-state index contributed by atoms with van der Waals surface area (Å²) in [6, 6.07) is 11.9. The normalized spacial score (nSPS) is 12.2. The van der Waals surface area contributed by atoms with E-state index in [2.05, 4.69) is 18.7 Å². The zero-order valence-corrected chi connectivity index (χ0v) is 13.9. The topological polar surface area (TPSA) is 46.5 Å². The third kappa shape index (κ3) is 3.38. The fourth-order valence-electron chi connectivity index (χ4n) is 2.41. The Kier molecular flexibility index (Phi) is 4.64. The lowest BCUT2D eigenvalue weighted by atomic mass is 10.0. The molecule has 1 heterocycles. The third-order valence-electron chi connectivity index (χ3n) is 3.68. The van der Waals surface area contributed by atoms with E-state index in [0.717, 1.165) is 27.7 Å². The van der Waals surface area contributed by atoms with Gasteiger partial charge in [0.25, 0.3) is 0 Å². The van der Waals surface area contributed by atoms with Crippen molar-refractivity contribution in [1.29, 1.82) is 0 Å². The zero-order chi connectivity index (χ0) is 16.4. The summed E-state index contributed by atoms with van der Waals surface area (Å²) in [6.45, 7) is 3.79. The molecule has 0 aliphatic carbocycles. The Morgan fingerprint density at radius 3 is 2.87 bits per heavy atom. The van der Waals surface area contributed by atoms with Crippen molar-refractivity contribution in [2.24, 2.45) is 0 Å². The lowest BCUT2D eigenvalue weighted by molar-refractivity contribution is -0.132. The van der Waals surface area contributed by atoms with Gasteiger partial charge >= 0.3 is 5.97 Å². The molecule has 1 N–H and O–H groups in total. The maximum atomic E-state index is 10.8. The summed E-state index contributed by atoms with van der Waals surface area (Å²) < 4.78 is 5.79. The Labute approximate surface area is 143 Å². The molecule has 5 heteroatoms. The van der Waals surface area contributed by atoms with Crippen LogP contribution in [0.4, 0.5) is 0 Å². The molecular weight excluding hydrogens is 332 g/mol. The van der Waals surface area contributed by atoms with Crippen LogP contribution in [0.2, 0.25) is 5.02 Å². The predicted molar refractivity (Wildman–Crippen MR) is 91.7 cm³/mol. The minimum Gasteiger partial charge on any atom is -0.492 e. The number of carboxylic acids is 1. The molecule has 0 spiro atoms. The molecule has 0 atom stereocenters. The second-order valence-electron chi connectivity index (χ2n) is 5.25. The van der Waals surface area contributed by atoms with Gasteiger partial charge in [-0.15, -0.1) is 0 Å². The zero-order valence-electron chi connectivity index (χ0n) is 12.3. The Bertz CT molecular complexity index is 786. The van der Waals surface area contributed by atoms with Gasteiger partial charge in [-0.2, -0.15) is 0 Å². The quantitative estimate of drug-likeness (QED) is 0.674. The number of hydrogen-bond acceptors (Lipinski definition) is 3. The highest BCUT2D eigenvalue weighted by molar-refractivity contribution is 7.99. The number of hydrogen-bond donors (Lipinski definition) is 1. The second-order valence-corrected chi connectivity index (χ2v) is 6.71. The Balaban J connectivity index is 1.82. The number of halogens is 1. The van der Waals surface area contributed by atoms with Crippen LogP contribution >= 0.6 is 23.4 Å². The molecule has 2 aromatic carbocycles. The van der Waals surface area contributed by atoms with E-state index in [1.54, 1.807) is 11.8 Å². The third-order valence-corrected chi connectivity index (χ3v) is 5.31. The molecule has 118 valence electrons. The summed E-state index contributed by atoms with van der Waals surface area (Å²) in [5.41, 5.74) is 2.46. The fraction of sp³-hybridized carbons (Fsp3) is 0.167. The standard InChI is InChI=1S/C18H15ClO3S/c1-11(18(20)21)8-9-22-15-7-6-14(19)13-10-12-4-2-3-5-16(12)23-17(13)15/h2-7H,1,8-10H2,(H,20,21). The first-order chi connectivity index (χ1) is 11.1. The summed E-state index contributed by atoms with van der Waals surface area (Å²) in [5, 5.41) is 9.57. The van der Waals surface area contributed by atoms with E-state index in [1.165, 1.54) is 10.5 Å². The molecule has 3 nitrogen and oxygen atoms in total. The maximum absolute atomic E-state index is 10.8. The molecule has 1 aliphatic heterocycles. The molecule has 0 aromatic heterocycles. The molecule has 23 heavy (non-hydrogen) atoms. The first kappa shape index (κ1) is 16.0. The van der Waals surface area contributed by atoms with Crippen LogP contribution in [0, 0.1) is 0 Å². The SMILES string of the molecule is C=C(CCOc1ccc(Cl)c2c1Sc1ccccc1C2)C(=O)O. The summed E-state index contributed by atoms with van der Waals surface area (Å²) >= 11 is 7.99. The number of ether oxygens (including phenoxy) is 1. The van der Waals surface area contributed by atoms with Crippen LogP contribution < -0.4 is 4.74 Å². The smallest absolute Gasteiger partial charge is 0.331 e. The summed E-state index contributed by atoms with van der Waals surface area (Å²) in [5.74, 6) is -0.253. The van der Waals surface area contributed by atoms with E-state index in [-0.39, 0.29) is 18.6 Å². The minimum absolute atomic E-state index is 0.144. The first-order valence-corrected chi connectivity index (χ1v) is 8.36. The Morgan fingerprint density at radius 2 is 2.09 bits per heavy atom. The van der Waals surface area contributed by atoms with E-state index in [4.69, 9.17) is 21.4 Å². The largest absolute Gasteiger partial charge is 0.492 e. The first-order valence-electron chi connectivity index (χ1n) is 7.17. The van der Waals surface area contributed by atoms with Crippen LogP contribution in [0.25, 0.3) is 0 Å². The van der Waals surface area contributed by atoms with Gasteiger partial charge in [-0.3, -0.25) is 0 Å². The van der Waals surface area contributed by atoms with Crippen molar-refractivity contribution in [2.75, 3.05) is 6.61 Å². The molecule has 0 unspecified atom stereocenters. The van der Waals surface area contributed by atoms with Crippen LogP contribution in [0.15, 0.2) is 58.3 Å². The van der Waals surface area contributed by atoms with Gasteiger partial charge in [-0.25, -0.2) is 4.79 Å². The molecule has 0 bridgehead atoms. The van der Waals surface area contributed by atoms with Gasteiger partial charge in [0.05, 0.1) is 11.5 Å². The minimum atomic E-state index is -0.991. The molecule has 2 aromatic rings. The van der Waals surface area contributed by atoms with Gasteiger partial charge < -0.3 is 9.84 Å². The second kappa shape index (κ2) is 6.69. The van der Waals surface area contributed by atoms with Crippen LogP contribution in [-0.4, -0.2) is 17.7 Å². The van der Waals surface area contributed by atoms with Crippen LogP contribution in [-0.2, 0) is 11.2 Å². The van der Waals surface area contributed by atoms with E-state index < -0.39 is 5.97 Å². The van der Waals surface area contributed by atoms with Crippen molar-refractivity contribution < 1.29 is 14.6 Å². The predicted octanol–water partition coefficient (Wildman–Crippen LogP) is 4.81. The van der Waals surface area contributed by atoms with Crippen molar-refractivity contribution in [3.8, 4) is 5.75 Å². The van der Waals surface area contributed by atoms with E-state index in [1.807, 2.05) is 24.3 Å². The van der Waals surface area contributed by atoms with Gasteiger partial charge in [0, 0.05) is 28.3 Å². The van der Waals surface area contributed by atoms with Gasteiger partial charge in [0.1, 0.15) is 5.75 Å². The fourth-order valence-corrected chi connectivity index (χ4v) is 3.86. The molecular formula is C18H15ClO3S. The summed E-state index contributed by atoms with van der Waals surface area (Å²) in [4.78, 5) is 13.0. The molecule has 0 saturated heterocycles. The van der Waals surface area contributed by atoms with Crippen molar-refractivity contribution in [1.82, 2.24) is 0 Å². The highest BCUT2D eigenvalue weighted by Crippen LogP contribution is 2.46. The van der Waals surface area contributed by atoms with Crippen molar-refractivity contribution in [3.05, 3.63) is 64.7 Å². The number of aliphatic carboxylic acids is 1. The Morgan fingerprint density at radius 1 is 1.30 bits per heavy atom.